The molecule has 10 heteroatoms. The molecular formula is C19H19Cl2NO6S. The molecule has 0 radical (unpaired) electrons. The van der Waals surface area contributed by atoms with Gasteiger partial charge in [-0.1, -0.05) is 47.8 Å². The normalized spacial score (nSPS) is 14.6. The molecule has 1 fully saturated rings. The summed E-state index contributed by atoms with van der Waals surface area (Å²) in [6.07, 6.45) is 2.59. The highest BCUT2D eigenvalue weighted by Gasteiger charge is 2.28. The van der Waals surface area contributed by atoms with Gasteiger partial charge >= 0.3 is 11.9 Å². The molecule has 29 heavy (non-hydrogen) atoms. The van der Waals surface area contributed by atoms with E-state index in [1.807, 2.05) is 0 Å². The van der Waals surface area contributed by atoms with Gasteiger partial charge in [-0.3, -0.25) is 0 Å². The van der Waals surface area contributed by atoms with Crippen molar-refractivity contribution in [3.63, 3.8) is 0 Å². The zero-order chi connectivity index (χ0) is 21.6. The zero-order valence-corrected chi connectivity index (χ0v) is 17.5. The number of halogens is 2. The van der Waals surface area contributed by atoms with E-state index < -0.39 is 22.0 Å². The van der Waals surface area contributed by atoms with Crippen LogP contribution in [0.2, 0.25) is 10.0 Å². The summed E-state index contributed by atoms with van der Waals surface area (Å²) in [7, 11) is -3.73. The smallest absolute Gasteiger partial charge is 0.337 e. The van der Waals surface area contributed by atoms with Gasteiger partial charge in [0.1, 0.15) is 0 Å². The number of benzene rings is 2. The molecule has 0 aliphatic carbocycles. The van der Waals surface area contributed by atoms with Gasteiger partial charge in [0.25, 0.3) is 0 Å². The highest BCUT2D eigenvalue weighted by Crippen LogP contribution is 2.31. The van der Waals surface area contributed by atoms with Crippen molar-refractivity contribution in [3.05, 3.63) is 63.6 Å². The predicted molar refractivity (Wildman–Crippen MR) is 109 cm³/mol. The summed E-state index contributed by atoms with van der Waals surface area (Å²) in [5.74, 6) is -2.19. The number of sulfonamides is 1. The number of carboxylic acid groups (broad SMARTS) is 2. The van der Waals surface area contributed by atoms with E-state index >= 15 is 0 Å². The average molecular weight is 460 g/mol. The van der Waals surface area contributed by atoms with Crippen molar-refractivity contribution in [3.8, 4) is 0 Å². The number of rotatable bonds is 4. The van der Waals surface area contributed by atoms with E-state index in [1.54, 1.807) is 30.3 Å². The predicted octanol–water partition coefficient (Wildman–Crippen LogP) is 4.25. The van der Waals surface area contributed by atoms with E-state index in [1.165, 1.54) is 10.4 Å². The van der Waals surface area contributed by atoms with Crippen LogP contribution in [0.3, 0.4) is 0 Å². The minimum atomic E-state index is -3.73. The first-order valence-corrected chi connectivity index (χ1v) is 10.8. The van der Waals surface area contributed by atoms with Crippen LogP contribution in [-0.4, -0.2) is 48.0 Å². The van der Waals surface area contributed by atoms with Crippen molar-refractivity contribution >= 4 is 45.2 Å². The first kappa shape index (κ1) is 23.2. The molecule has 7 nitrogen and oxygen atoms in total. The fourth-order valence-electron chi connectivity index (χ4n) is 2.70. The first-order valence-electron chi connectivity index (χ1n) is 8.65. The van der Waals surface area contributed by atoms with Crippen molar-refractivity contribution in [2.24, 2.45) is 0 Å². The second kappa shape index (κ2) is 10.1. The maximum Gasteiger partial charge on any atom is 0.337 e. The monoisotopic (exact) mass is 459 g/mol. The molecule has 0 saturated carbocycles. The van der Waals surface area contributed by atoms with Crippen LogP contribution in [0.1, 0.15) is 40.0 Å². The van der Waals surface area contributed by atoms with Crippen molar-refractivity contribution in [2.75, 3.05) is 13.1 Å². The largest absolute Gasteiger partial charge is 0.478 e. The Morgan fingerprint density at radius 3 is 1.97 bits per heavy atom. The molecule has 0 atom stereocenters. The van der Waals surface area contributed by atoms with Crippen LogP contribution in [0.15, 0.2) is 47.4 Å². The molecule has 3 rings (SSSR count). The number of hydrogen-bond acceptors (Lipinski definition) is 4. The van der Waals surface area contributed by atoms with Gasteiger partial charge in [-0.15, -0.1) is 0 Å². The third-order valence-corrected chi connectivity index (χ3v) is 6.88. The van der Waals surface area contributed by atoms with Gasteiger partial charge in [0.2, 0.25) is 10.0 Å². The maximum atomic E-state index is 12.5. The van der Waals surface area contributed by atoms with Crippen LogP contribution < -0.4 is 0 Å². The topological polar surface area (TPSA) is 112 Å². The highest BCUT2D eigenvalue weighted by molar-refractivity contribution is 7.89. The fraction of sp³-hybridized carbons (Fsp3) is 0.263. The van der Waals surface area contributed by atoms with Gasteiger partial charge in [0.15, 0.2) is 0 Å². The SMILES string of the molecule is O=C(O)c1cc(S(=O)(=O)N2CCCCC2)cc(Cl)c1Cl.O=C(O)c1ccccc1. The Kier molecular flexibility index (Phi) is 8.04. The molecule has 1 heterocycles. The number of nitrogens with zero attached hydrogens (tertiary/aromatic N) is 1. The zero-order valence-electron chi connectivity index (χ0n) is 15.2. The molecule has 2 N–H and O–H groups in total. The lowest BCUT2D eigenvalue weighted by Crippen LogP contribution is -2.35. The van der Waals surface area contributed by atoms with Crippen molar-refractivity contribution < 1.29 is 28.2 Å². The van der Waals surface area contributed by atoms with Crippen molar-refractivity contribution in [2.45, 2.75) is 24.2 Å². The second-order valence-corrected chi connectivity index (χ2v) is 8.93. The standard InChI is InChI=1S/C12H13Cl2NO4S.C7H6O2/c13-10-7-8(6-9(11(10)14)12(16)17)20(18,19)15-4-2-1-3-5-15;8-7(9)6-4-2-1-3-5-6/h6-7H,1-5H2,(H,16,17);1-5H,(H,8,9). The van der Waals surface area contributed by atoms with Gasteiger partial charge < -0.3 is 10.2 Å². The van der Waals surface area contributed by atoms with E-state index in [2.05, 4.69) is 0 Å². The summed E-state index contributed by atoms with van der Waals surface area (Å²) in [6, 6.07) is 10.5. The molecule has 1 aliphatic rings. The summed E-state index contributed by atoms with van der Waals surface area (Å²) in [4.78, 5) is 21.1. The molecule has 1 aliphatic heterocycles. The molecule has 2 aromatic carbocycles. The van der Waals surface area contributed by atoms with Gasteiger partial charge in [0.05, 0.1) is 26.1 Å². The molecule has 0 unspecified atom stereocenters. The second-order valence-electron chi connectivity index (χ2n) is 6.21. The van der Waals surface area contributed by atoms with E-state index in [0.717, 1.165) is 25.3 Å². The third kappa shape index (κ3) is 5.93. The van der Waals surface area contributed by atoms with E-state index in [-0.39, 0.29) is 20.5 Å². The Hall–Kier alpha value is -2.13. The Balaban J connectivity index is 0.000000278. The van der Waals surface area contributed by atoms with E-state index in [0.29, 0.717) is 18.7 Å². The van der Waals surface area contributed by atoms with E-state index in [9.17, 15) is 18.0 Å². The fourth-order valence-corrected chi connectivity index (χ4v) is 4.75. The molecular weight excluding hydrogens is 441 g/mol. The van der Waals surface area contributed by atoms with Crippen LogP contribution >= 0.6 is 23.2 Å². The van der Waals surface area contributed by atoms with E-state index in [4.69, 9.17) is 33.4 Å². The molecule has 2 aromatic rings. The minimum Gasteiger partial charge on any atom is -0.478 e. The minimum absolute atomic E-state index is 0.0813. The summed E-state index contributed by atoms with van der Waals surface area (Å²) in [5.41, 5.74) is 0.0206. The lowest BCUT2D eigenvalue weighted by Gasteiger charge is -2.26. The van der Waals surface area contributed by atoms with Gasteiger partial charge in [-0.25, -0.2) is 18.0 Å². The Morgan fingerprint density at radius 1 is 0.897 bits per heavy atom. The first-order chi connectivity index (χ1) is 13.6. The molecule has 1 saturated heterocycles. The van der Waals surface area contributed by atoms with Crippen LogP contribution in [0.25, 0.3) is 0 Å². The molecule has 0 amide bonds. The Bertz CT molecular complexity index is 989. The Labute approximate surface area is 178 Å². The van der Waals surface area contributed by atoms with Crippen LogP contribution in [0, 0.1) is 0 Å². The summed E-state index contributed by atoms with van der Waals surface area (Å²) in [5, 5.41) is 17.2. The lowest BCUT2D eigenvalue weighted by atomic mass is 10.2. The number of carboxylic acids is 2. The molecule has 0 aromatic heterocycles. The number of carbonyl (C=O) groups is 2. The van der Waals surface area contributed by atoms with Crippen LogP contribution in [0.4, 0.5) is 0 Å². The quantitative estimate of drug-likeness (QED) is 0.706. The van der Waals surface area contributed by atoms with Gasteiger partial charge in [-0.2, -0.15) is 4.31 Å². The summed E-state index contributed by atoms with van der Waals surface area (Å²) in [6.45, 7) is 0.871. The lowest BCUT2D eigenvalue weighted by molar-refractivity contribution is 0.0686. The summed E-state index contributed by atoms with van der Waals surface area (Å²) >= 11 is 11.6. The number of hydrogen-bond donors (Lipinski definition) is 2. The summed E-state index contributed by atoms with van der Waals surface area (Å²) < 4.78 is 26.3. The molecule has 0 bridgehead atoms. The van der Waals surface area contributed by atoms with Crippen molar-refractivity contribution in [1.29, 1.82) is 0 Å². The van der Waals surface area contributed by atoms with Crippen LogP contribution in [0.5, 0.6) is 0 Å². The maximum absolute atomic E-state index is 12.5. The van der Waals surface area contributed by atoms with Crippen LogP contribution in [-0.2, 0) is 10.0 Å². The molecule has 156 valence electrons. The average Bonchev–Trinajstić information content (AvgIpc) is 2.71. The highest BCUT2D eigenvalue weighted by atomic mass is 35.5. The molecule has 0 spiro atoms. The van der Waals surface area contributed by atoms with Gasteiger partial charge in [0, 0.05) is 13.1 Å². The number of aromatic carboxylic acids is 2. The third-order valence-electron chi connectivity index (χ3n) is 4.21. The Morgan fingerprint density at radius 2 is 1.48 bits per heavy atom. The van der Waals surface area contributed by atoms with Crippen molar-refractivity contribution in [1.82, 2.24) is 4.31 Å². The number of piperidine rings is 1. The van der Waals surface area contributed by atoms with Gasteiger partial charge in [-0.05, 0) is 37.1 Å².